The van der Waals surface area contributed by atoms with Crippen LogP contribution in [-0.4, -0.2) is 18.5 Å². The van der Waals surface area contributed by atoms with E-state index in [4.69, 9.17) is 9.47 Å². The fraction of sp³-hybridized carbons (Fsp3) is 0.562. The van der Waals surface area contributed by atoms with Gasteiger partial charge in [0.05, 0.1) is 19.1 Å². The highest BCUT2D eigenvalue weighted by atomic mass is 16.5. The van der Waals surface area contributed by atoms with Crippen molar-refractivity contribution in [2.75, 3.05) is 7.11 Å². The number of Topliss-reactive ketones (excluding diaryl/α,β-unsaturated/α-hetero) is 1. The van der Waals surface area contributed by atoms with Crippen molar-refractivity contribution in [2.24, 2.45) is 11.8 Å². The quantitative estimate of drug-likeness (QED) is 0.776. The van der Waals surface area contributed by atoms with Crippen LogP contribution in [0.3, 0.4) is 0 Å². The molecule has 1 heterocycles. The minimum Gasteiger partial charge on any atom is -0.497 e. The van der Waals surface area contributed by atoms with Gasteiger partial charge in [0.1, 0.15) is 17.1 Å². The molecule has 4 rings (SSSR count). The topological polar surface area (TPSA) is 35.5 Å². The first-order valence-corrected chi connectivity index (χ1v) is 7.12. The maximum atomic E-state index is 12.5. The molecule has 3 nitrogen and oxygen atoms in total. The average Bonchev–Trinajstić information content (AvgIpc) is 3.20. The lowest BCUT2D eigenvalue weighted by Crippen LogP contribution is -2.46. The smallest absolute Gasteiger partial charge is 0.170 e. The fourth-order valence-electron chi connectivity index (χ4n) is 3.97. The Morgan fingerprint density at radius 3 is 3.16 bits per heavy atom. The van der Waals surface area contributed by atoms with Gasteiger partial charge >= 0.3 is 0 Å². The van der Waals surface area contributed by atoms with Crippen LogP contribution in [0.1, 0.15) is 42.5 Å². The second-order valence-corrected chi connectivity index (χ2v) is 6.12. The number of carbonyl (C=O) groups is 1. The van der Waals surface area contributed by atoms with Crippen molar-refractivity contribution in [1.82, 2.24) is 0 Å². The van der Waals surface area contributed by atoms with Gasteiger partial charge in [-0.15, -0.1) is 0 Å². The molecular formula is C16H18O3. The SMILES string of the molecule is COc1ccc2c(c1)C(=O)CC1(CCCC3CC31)O2. The summed E-state index contributed by atoms with van der Waals surface area (Å²) in [6.45, 7) is 0. The number of benzene rings is 1. The molecule has 100 valence electrons. The standard InChI is InChI=1S/C16H18O3/c1-18-11-4-5-15-12(8-11)14(17)9-16(19-15)6-2-3-10-7-13(10)16/h4-5,8,10,13H,2-3,6-7,9H2,1H3. The maximum absolute atomic E-state index is 12.5. The van der Waals surface area contributed by atoms with Crippen LogP contribution in [0.4, 0.5) is 0 Å². The van der Waals surface area contributed by atoms with Gasteiger partial charge in [0, 0.05) is 5.92 Å². The number of carbonyl (C=O) groups excluding carboxylic acids is 1. The Kier molecular flexibility index (Phi) is 2.23. The molecule has 2 saturated carbocycles. The average molecular weight is 258 g/mol. The molecule has 0 amide bonds. The van der Waals surface area contributed by atoms with E-state index in [1.54, 1.807) is 13.2 Å². The summed E-state index contributed by atoms with van der Waals surface area (Å²) in [7, 11) is 1.62. The van der Waals surface area contributed by atoms with Crippen LogP contribution in [0, 0.1) is 11.8 Å². The molecule has 1 spiro atoms. The van der Waals surface area contributed by atoms with E-state index < -0.39 is 0 Å². The van der Waals surface area contributed by atoms with Gasteiger partial charge in [-0.2, -0.15) is 0 Å². The van der Waals surface area contributed by atoms with E-state index in [-0.39, 0.29) is 11.4 Å². The van der Waals surface area contributed by atoms with Crippen molar-refractivity contribution < 1.29 is 14.3 Å². The Bertz CT molecular complexity index is 551. The van der Waals surface area contributed by atoms with Gasteiger partial charge < -0.3 is 9.47 Å². The van der Waals surface area contributed by atoms with Crippen molar-refractivity contribution in [1.29, 1.82) is 0 Å². The van der Waals surface area contributed by atoms with Crippen molar-refractivity contribution in [2.45, 2.75) is 37.7 Å². The van der Waals surface area contributed by atoms with Crippen molar-refractivity contribution >= 4 is 5.78 Å². The first-order valence-electron chi connectivity index (χ1n) is 7.12. The Morgan fingerprint density at radius 2 is 2.32 bits per heavy atom. The fourth-order valence-corrected chi connectivity index (χ4v) is 3.97. The third-order valence-corrected chi connectivity index (χ3v) is 5.03. The number of rotatable bonds is 1. The van der Waals surface area contributed by atoms with Crippen LogP contribution in [0.2, 0.25) is 0 Å². The molecule has 0 aromatic heterocycles. The Hall–Kier alpha value is -1.51. The molecule has 2 fully saturated rings. The van der Waals surface area contributed by atoms with E-state index in [1.165, 1.54) is 19.3 Å². The summed E-state index contributed by atoms with van der Waals surface area (Å²) >= 11 is 0. The van der Waals surface area contributed by atoms with E-state index >= 15 is 0 Å². The number of methoxy groups -OCH3 is 1. The molecule has 0 radical (unpaired) electrons. The molecule has 3 unspecified atom stereocenters. The molecular weight excluding hydrogens is 240 g/mol. The van der Waals surface area contributed by atoms with Crippen molar-refractivity contribution in [3.63, 3.8) is 0 Å². The molecule has 0 bridgehead atoms. The van der Waals surface area contributed by atoms with Crippen LogP contribution in [0.15, 0.2) is 18.2 Å². The summed E-state index contributed by atoms with van der Waals surface area (Å²) in [6, 6.07) is 5.56. The zero-order valence-corrected chi connectivity index (χ0v) is 11.1. The molecule has 0 saturated heterocycles. The molecule has 2 aliphatic carbocycles. The lowest BCUT2D eigenvalue weighted by atomic mass is 9.78. The minimum absolute atomic E-state index is 0.193. The van der Waals surface area contributed by atoms with Gasteiger partial charge in [-0.1, -0.05) is 0 Å². The summed E-state index contributed by atoms with van der Waals surface area (Å²) in [5.41, 5.74) is 0.495. The Labute approximate surface area is 112 Å². The number of ether oxygens (including phenoxy) is 2. The summed E-state index contributed by atoms with van der Waals surface area (Å²) in [4.78, 5) is 12.5. The zero-order chi connectivity index (χ0) is 13.0. The second-order valence-electron chi connectivity index (χ2n) is 6.12. The molecule has 19 heavy (non-hydrogen) atoms. The second kappa shape index (κ2) is 3.75. The van der Waals surface area contributed by atoms with E-state index in [2.05, 4.69) is 0 Å². The van der Waals surface area contributed by atoms with Gasteiger partial charge in [0.2, 0.25) is 0 Å². The third kappa shape index (κ3) is 1.60. The van der Waals surface area contributed by atoms with E-state index in [9.17, 15) is 4.79 Å². The molecule has 1 aromatic rings. The van der Waals surface area contributed by atoms with Crippen LogP contribution >= 0.6 is 0 Å². The lowest BCUT2D eigenvalue weighted by Gasteiger charge is -2.41. The van der Waals surface area contributed by atoms with Gasteiger partial charge in [-0.3, -0.25) is 4.79 Å². The molecule has 0 N–H and O–H groups in total. The molecule has 3 atom stereocenters. The zero-order valence-electron chi connectivity index (χ0n) is 11.1. The van der Waals surface area contributed by atoms with Crippen molar-refractivity contribution in [3.8, 4) is 11.5 Å². The summed E-state index contributed by atoms with van der Waals surface area (Å²) in [5, 5.41) is 0. The highest BCUT2D eigenvalue weighted by Crippen LogP contribution is 2.59. The Balaban J connectivity index is 1.72. The van der Waals surface area contributed by atoms with Crippen LogP contribution in [-0.2, 0) is 0 Å². The number of ketones is 1. The van der Waals surface area contributed by atoms with Gasteiger partial charge in [0.25, 0.3) is 0 Å². The largest absolute Gasteiger partial charge is 0.497 e. The van der Waals surface area contributed by atoms with Crippen LogP contribution in [0.25, 0.3) is 0 Å². The van der Waals surface area contributed by atoms with E-state index in [1.807, 2.05) is 12.1 Å². The monoisotopic (exact) mass is 258 g/mol. The van der Waals surface area contributed by atoms with Gasteiger partial charge in [-0.25, -0.2) is 0 Å². The van der Waals surface area contributed by atoms with Gasteiger partial charge in [0.15, 0.2) is 5.78 Å². The first-order chi connectivity index (χ1) is 9.22. The molecule has 1 aromatic carbocycles. The Morgan fingerprint density at radius 1 is 1.42 bits per heavy atom. The number of hydrogen-bond acceptors (Lipinski definition) is 3. The molecule has 3 heteroatoms. The first kappa shape index (κ1) is 11.3. The maximum Gasteiger partial charge on any atom is 0.170 e. The number of fused-ring (bicyclic) bond motifs is 3. The highest BCUT2D eigenvalue weighted by molar-refractivity contribution is 6.00. The van der Waals surface area contributed by atoms with Crippen molar-refractivity contribution in [3.05, 3.63) is 23.8 Å². The van der Waals surface area contributed by atoms with E-state index in [0.717, 1.165) is 23.8 Å². The summed E-state index contributed by atoms with van der Waals surface area (Å²) in [6.07, 6.45) is 5.35. The van der Waals surface area contributed by atoms with Gasteiger partial charge in [-0.05, 0) is 49.8 Å². The summed E-state index contributed by atoms with van der Waals surface area (Å²) in [5.74, 6) is 3.11. The minimum atomic E-state index is -0.193. The number of hydrogen-bond donors (Lipinski definition) is 0. The predicted octanol–water partition coefficient (Wildman–Crippen LogP) is 3.22. The highest BCUT2D eigenvalue weighted by Gasteiger charge is 2.58. The van der Waals surface area contributed by atoms with Crippen LogP contribution < -0.4 is 9.47 Å². The predicted molar refractivity (Wildman–Crippen MR) is 70.7 cm³/mol. The molecule has 3 aliphatic rings. The normalized spacial score (nSPS) is 35.3. The third-order valence-electron chi connectivity index (χ3n) is 5.03. The summed E-state index contributed by atoms with van der Waals surface area (Å²) < 4.78 is 11.5. The lowest BCUT2D eigenvalue weighted by molar-refractivity contribution is 0.00125. The van der Waals surface area contributed by atoms with Crippen LogP contribution in [0.5, 0.6) is 11.5 Å². The molecule has 1 aliphatic heterocycles. The van der Waals surface area contributed by atoms with E-state index in [0.29, 0.717) is 17.9 Å².